The van der Waals surface area contributed by atoms with E-state index in [0.29, 0.717) is 5.39 Å². The molecule has 0 amide bonds. The van der Waals surface area contributed by atoms with Crippen molar-refractivity contribution in [1.82, 2.24) is 0 Å². The van der Waals surface area contributed by atoms with E-state index < -0.39 is 10.1 Å². The van der Waals surface area contributed by atoms with Gasteiger partial charge in [-0.1, -0.05) is 18.2 Å². The first-order valence-electron chi connectivity index (χ1n) is 6.78. The number of nitrogens with zero attached hydrogens (tertiary/aromatic N) is 2. The Balaban J connectivity index is 2.07. The van der Waals surface area contributed by atoms with Crippen molar-refractivity contribution >= 4 is 44.9 Å². The van der Waals surface area contributed by atoms with Crippen LogP contribution in [0.2, 0.25) is 0 Å². The van der Waals surface area contributed by atoms with E-state index in [1.54, 1.807) is 18.2 Å². The molecule has 0 aliphatic heterocycles. The second-order valence-electron chi connectivity index (χ2n) is 5.01. The van der Waals surface area contributed by atoms with Crippen LogP contribution < -0.4 is 0 Å². The summed E-state index contributed by atoms with van der Waals surface area (Å²) in [7, 11) is -4.32. The summed E-state index contributed by atoms with van der Waals surface area (Å²) >= 11 is 4.27. The molecule has 3 aromatic rings. The number of phenols is 1. The molecule has 122 valence electrons. The second kappa shape index (κ2) is 6.23. The van der Waals surface area contributed by atoms with E-state index in [9.17, 15) is 13.5 Å². The number of rotatable bonds is 3. The molecule has 0 aliphatic carbocycles. The predicted molar refractivity (Wildman–Crippen MR) is 93.3 cm³/mol. The van der Waals surface area contributed by atoms with Gasteiger partial charge in [-0.3, -0.25) is 4.55 Å². The number of azo groups is 1. The highest BCUT2D eigenvalue weighted by atomic mass is 32.2. The Kier molecular flexibility index (Phi) is 4.27. The third kappa shape index (κ3) is 3.40. The molecule has 0 atom stereocenters. The van der Waals surface area contributed by atoms with E-state index in [2.05, 4.69) is 22.9 Å². The van der Waals surface area contributed by atoms with Gasteiger partial charge in [-0.2, -0.15) is 13.5 Å². The smallest absolute Gasteiger partial charge is 0.294 e. The summed E-state index contributed by atoms with van der Waals surface area (Å²) in [6, 6.07) is 14.0. The normalized spacial score (nSPS) is 12.1. The summed E-state index contributed by atoms with van der Waals surface area (Å²) in [5.41, 5.74) is 0.491. The molecule has 0 bridgehead atoms. The van der Waals surface area contributed by atoms with Gasteiger partial charge in [-0.15, -0.1) is 17.7 Å². The van der Waals surface area contributed by atoms with E-state index in [1.807, 2.05) is 6.07 Å². The first-order chi connectivity index (χ1) is 11.3. The van der Waals surface area contributed by atoms with E-state index >= 15 is 0 Å². The molecule has 3 rings (SSSR count). The minimum atomic E-state index is -4.32. The van der Waals surface area contributed by atoms with E-state index in [4.69, 9.17) is 4.55 Å². The van der Waals surface area contributed by atoms with Gasteiger partial charge in [-0.25, -0.2) is 0 Å². The summed E-state index contributed by atoms with van der Waals surface area (Å²) < 4.78 is 31.4. The molecular formula is C16H12N2O4S2. The maximum atomic E-state index is 11.2. The van der Waals surface area contributed by atoms with Crippen molar-refractivity contribution in [3.8, 4) is 5.75 Å². The maximum absolute atomic E-state index is 11.2. The lowest BCUT2D eigenvalue weighted by Crippen LogP contribution is -1.96. The van der Waals surface area contributed by atoms with E-state index in [1.165, 1.54) is 30.3 Å². The van der Waals surface area contributed by atoms with Gasteiger partial charge in [0.2, 0.25) is 0 Å². The average Bonchev–Trinajstić information content (AvgIpc) is 2.53. The van der Waals surface area contributed by atoms with Crippen LogP contribution in [0.3, 0.4) is 0 Å². The molecule has 0 radical (unpaired) electrons. The summed E-state index contributed by atoms with van der Waals surface area (Å²) in [6.45, 7) is 0. The fourth-order valence-corrected chi connectivity index (χ4v) is 2.94. The van der Waals surface area contributed by atoms with Gasteiger partial charge in [0.05, 0.1) is 10.6 Å². The molecule has 2 N–H and O–H groups in total. The van der Waals surface area contributed by atoms with Crippen molar-refractivity contribution in [3.05, 3.63) is 54.6 Å². The van der Waals surface area contributed by atoms with Crippen LogP contribution in [0.4, 0.5) is 11.4 Å². The molecule has 0 heterocycles. The lowest BCUT2D eigenvalue weighted by atomic mass is 10.1. The average molecular weight is 360 g/mol. The highest BCUT2D eigenvalue weighted by molar-refractivity contribution is 7.85. The molecule has 0 saturated heterocycles. The molecule has 24 heavy (non-hydrogen) atoms. The highest BCUT2D eigenvalue weighted by Crippen LogP contribution is 2.37. The van der Waals surface area contributed by atoms with Crippen molar-refractivity contribution in [2.24, 2.45) is 10.2 Å². The summed E-state index contributed by atoms with van der Waals surface area (Å²) in [4.78, 5) is 0.498. The van der Waals surface area contributed by atoms with Crippen molar-refractivity contribution in [3.63, 3.8) is 0 Å². The van der Waals surface area contributed by atoms with Crippen molar-refractivity contribution in [2.45, 2.75) is 9.79 Å². The molecule has 8 heteroatoms. The standard InChI is InChI=1S/C16H12N2O4S2/c19-15-7-4-10-8-12(23)5-6-14(10)16(15)18-17-11-2-1-3-13(9-11)24(20,21)22/h1-9,19,23H,(H,20,21,22)/b18-17+. The van der Waals surface area contributed by atoms with Crippen LogP contribution in [0, 0.1) is 0 Å². The Labute approximate surface area is 143 Å². The largest absolute Gasteiger partial charge is 0.506 e. The van der Waals surface area contributed by atoms with Gasteiger partial charge in [0.25, 0.3) is 10.1 Å². The van der Waals surface area contributed by atoms with Gasteiger partial charge >= 0.3 is 0 Å². The fourth-order valence-electron chi connectivity index (χ4n) is 2.21. The number of aromatic hydroxyl groups is 1. The zero-order valence-electron chi connectivity index (χ0n) is 12.2. The van der Waals surface area contributed by atoms with Crippen LogP contribution >= 0.6 is 12.6 Å². The van der Waals surface area contributed by atoms with Crippen molar-refractivity contribution in [1.29, 1.82) is 0 Å². The first kappa shape index (κ1) is 16.4. The SMILES string of the molecule is O=S(=O)(O)c1cccc(/N=N/c2c(O)ccc3cc(S)ccc23)c1. The lowest BCUT2D eigenvalue weighted by Gasteiger charge is -2.05. The fraction of sp³-hybridized carbons (Fsp3) is 0. The van der Waals surface area contributed by atoms with Gasteiger partial charge in [0, 0.05) is 10.3 Å². The summed E-state index contributed by atoms with van der Waals surface area (Å²) in [6.07, 6.45) is 0. The minimum Gasteiger partial charge on any atom is -0.506 e. The Morgan fingerprint density at radius 1 is 0.958 bits per heavy atom. The van der Waals surface area contributed by atoms with E-state index in [0.717, 1.165) is 10.3 Å². The Bertz CT molecular complexity index is 1060. The van der Waals surface area contributed by atoms with Gasteiger partial charge in [0.15, 0.2) is 0 Å². The Hall–Kier alpha value is -2.42. The molecule has 0 unspecified atom stereocenters. The van der Waals surface area contributed by atoms with Crippen LogP contribution in [-0.4, -0.2) is 18.1 Å². The topological polar surface area (TPSA) is 99.3 Å². The zero-order chi connectivity index (χ0) is 17.3. The molecule has 0 saturated carbocycles. The molecule has 0 fully saturated rings. The van der Waals surface area contributed by atoms with Gasteiger partial charge < -0.3 is 5.11 Å². The molecule has 3 aromatic carbocycles. The third-order valence-electron chi connectivity index (χ3n) is 3.33. The van der Waals surface area contributed by atoms with Gasteiger partial charge in [-0.05, 0) is 41.8 Å². The number of thiol groups is 1. The van der Waals surface area contributed by atoms with Crippen LogP contribution in [0.1, 0.15) is 0 Å². The third-order valence-corrected chi connectivity index (χ3v) is 4.46. The predicted octanol–water partition coefficient (Wildman–Crippen LogP) is 4.50. The number of phenolic OH excluding ortho intramolecular Hbond substituents is 1. The van der Waals surface area contributed by atoms with E-state index in [-0.39, 0.29) is 22.0 Å². The van der Waals surface area contributed by atoms with Crippen LogP contribution in [0.5, 0.6) is 5.75 Å². The lowest BCUT2D eigenvalue weighted by molar-refractivity contribution is 0.477. The van der Waals surface area contributed by atoms with Gasteiger partial charge in [0.1, 0.15) is 11.4 Å². The van der Waals surface area contributed by atoms with Crippen LogP contribution in [0.25, 0.3) is 10.8 Å². The first-order valence-corrected chi connectivity index (χ1v) is 8.67. The highest BCUT2D eigenvalue weighted by Gasteiger charge is 2.10. The summed E-state index contributed by atoms with van der Waals surface area (Å²) in [5, 5.41) is 19.5. The number of benzene rings is 3. The Morgan fingerprint density at radius 3 is 2.50 bits per heavy atom. The molecular weight excluding hydrogens is 348 g/mol. The molecule has 6 nitrogen and oxygen atoms in total. The maximum Gasteiger partial charge on any atom is 0.294 e. The minimum absolute atomic E-state index is 0.0518. The molecule has 0 spiro atoms. The number of fused-ring (bicyclic) bond motifs is 1. The van der Waals surface area contributed by atoms with Crippen molar-refractivity contribution < 1.29 is 18.1 Å². The number of hydrogen-bond acceptors (Lipinski definition) is 6. The Morgan fingerprint density at radius 2 is 1.75 bits per heavy atom. The zero-order valence-corrected chi connectivity index (χ0v) is 13.9. The second-order valence-corrected chi connectivity index (χ2v) is 6.95. The molecule has 0 aromatic heterocycles. The van der Waals surface area contributed by atoms with Crippen molar-refractivity contribution in [2.75, 3.05) is 0 Å². The van der Waals surface area contributed by atoms with Crippen LogP contribution in [0.15, 0.2) is 74.6 Å². The number of hydrogen-bond donors (Lipinski definition) is 3. The summed E-state index contributed by atoms with van der Waals surface area (Å²) in [5.74, 6) is -0.0518. The molecule has 0 aliphatic rings. The van der Waals surface area contributed by atoms with Crippen LogP contribution in [-0.2, 0) is 10.1 Å². The quantitative estimate of drug-likeness (QED) is 0.364. The monoisotopic (exact) mass is 360 g/mol.